The molecule has 122 valence electrons. The number of aromatic nitrogens is 6. The zero-order valence-corrected chi connectivity index (χ0v) is 12.7. The van der Waals surface area contributed by atoms with E-state index in [9.17, 15) is 0 Å². The summed E-state index contributed by atoms with van der Waals surface area (Å²) >= 11 is 0. The van der Waals surface area contributed by atoms with Gasteiger partial charge in [0, 0.05) is 44.1 Å². The lowest BCUT2D eigenvalue weighted by Crippen LogP contribution is -2.37. The molecule has 3 aromatic rings. The second-order valence-corrected chi connectivity index (χ2v) is 5.53. The number of nitrogens with zero attached hydrogens (tertiary/aromatic N) is 6. The number of fused-ring (bicyclic) bond motifs is 1. The predicted octanol–water partition coefficient (Wildman–Crippen LogP) is 0.140. The summed E-state index contributed by atoms with van der Waals surface area (Å²) in [5, 5.41) is 25.0. The van der Waals surface area contributed by atoms with Gasteiger partial charge in [0.25, 0.3) is 0 Å². The molecule has 9 heteroatoms. The molecule has 0 radical (unpaired) electrons. The summed E-state index contributed by atoms with van der Waals surface area (Å²) in [6, 6.07) is 1.96. The first-order valence-corrected chi connectivity index (χ1v) is 7.76. The quantitative estimate of drug-likeness (QED) is 0.695. The third-order valence-corrected chi connectivity index (χ3v) is 3.96. The van der Waals surface area contributed by atoms with Crippen molar-refractivity contribution >= 4 is 11.6 Å². The molecule has 9 nitrogen and oxygen atoms in total. The fraction of sp³-hybridized carbons (Fsp3) is 0.500. The van der Waals surface area contributed by atoms with Crippen LogP contribution in [0.5, 0.6) is 0 Å². The molecule has 0 aromatic carbocycles. The number of nitrogens with one attached hydrogen (secondary N) is 1. The zero-order chi connectivity index (χ0) is 15.6. The molecule has 1 saturated heterocycles. The first kappa shape index (κ1) is 14.2. The van der Waals surface area contributed by atoms with Gasteiger partial charge in [-0.15, -0.1) is 10.2 Å². The lowest BCUT2D eigenvalue weighted by atomic mass is 10.3. The van der Waals surface area contributed by atoms with Crippen molar-refractivity contribution in [3.63, 3.8) is 0 Å². The number of anilines is 1. The molecule has 0 saturated carbocycles. The van der Waals surface area contributed by atoms with Crippen LogP contribution in [0.15, 0.2) is 18.5 Å². The van der Waals surface area contributed by atoms with Crippen molar-refractivity contribution in [1.29, 1.82) is 0 Å². The third-order valence-electron chi connectivity index (χ3n) is 3.96. The van der Waals surface area contributed by atoms with Crippen molar-refractivity contribution in [3.8, 4) is 11.3 Å². The van der Waals surface area contributed by atoms with E-state index in [1.807, 2.05) is 27.7 Å². The molecule has 0 spiro atoms. The predicted molar refractivity (Wildman–Crippen MR) is 83.3 cm³/mol. The lowest BCUT2D eigenvalue weighted by molar-refractivity contribution is 0.122. The van der Waals surface area contributed by atoms with E-state index >= 15 is 0 Å². The van der Waals surface area contributed by atoms with Gasteiger partial charge in [0.15, 0.2) is 5.65 Å². The van der Waals surface area contributed by atoms with E-state index in [2.05, 4.69) is 25.3 Å². The van der Waals surface area contributed by atoms with Crippen LogP contribution in [-0.2, 0) is 11.3 Å². The molecule has 0 unspecified atom stereocenters. The number of hydrogen-bond donors (Lipinski definition) is 2. The number of H-pyrrole nitrogens is 1. The van der Waals surface area contributed by atoms with Gasteiger partial charge < -0.3 is 14.7 Å². The van der Waals surface area contributed by atoms with Crippen LogP contribution >= 0.6 is 0 Å². The highest BCUT2D eigenvalue weighted by Gasteiger charge is 2.19. The summed E-state index contributed by atoms with van der Waals surface area (Å²) in [4.78, 5) is 2.16. The number of morpholine rings is 1. The van der Waals surface area contributed by atoms with Gasteiger partial charge in [-0.25, -0.2) is 4.52 Å². The monoisotopic (exact) mass is 317 g/mol. The molecule has 23 heavy (non-hydrogen) atoms. The van der Waals surface area contributed by atoms with Crippen LogP contribution in [0.2, 0.25) is 0 Å². The maximum Gasteiger partial charge on any atom is 0.246 e. The standard InChI is InChI=1S/C14H19N7O2/c22-5-1-2-20-10-11(9-15-20)12-8-13-16-17-14(21(13)18-12)19-3-6-23-7-4-19/h8-10,18,22H,1-7H2. The summed E-state index contributed by atoms with van der Waals surface area (Å²) in [6.07, 6.45) is 4.47. The maximum absolute atomic E-state index is 8.89. The lowest BCUT2D eigenvalue weighted by Gasteiger charge is -2.26. The topological polar surface area (TPSA) is 96.5 Å². The molecule has 1 aliphatic heterocycles. The number of aliphatic hydroxyl groups is 1. The molecule has 2 N–H and O–H groups in total. The van der Waals surface area contributed by atoms with E-state index in [1.165, 1.54) is 0 Å². The number of aromatic amines is 1. The van der Waals surface area contributed by atoms with Gasteiger partial charge in [-0.1, -0.05) is 0 Å². The van der Waals surface area contributed by atoms with Gasteiger partial charge in [-0.3, -0.25) is 9.78 Å². The van der Waals surface area contributed by atoms with Gasteiger partial charge in [-0.05, 0) is 6.42 Å². The Morgan fingerprint density at radius 2 is 2.13 bits per heavy atom. The van der Waals surface area contributed by atoms with Crippen molar-refractivity contribution in [3.05, 3.63) is 18.5 Å². The van der Waals surface area contributed by atoms with Crippen LogP contribution in [0.1, 0.15) is 6.42 Å². The van der Waals surface area contributed by atoms with Gasteiger partial charge in [0.2, 0.25) is 5.95 Å². The number of aryl methyl sites for hydroxylation is 1. The second-order valence-electron chi connectivity index (χ2n) is 5.53. The zero-order valence-electron chi connectivity index (χ0n) is 12.7. The minimum Gasteiger partial charge on any atom is -0.396 e. The normalized spacial score (nSPS) is 15.6. The van der Waals surface area contributed by atoms with Crippen molar-refractivity contribution < 1.29 is 9.84 Å². The summed E-state index contributed by atoms with van der Waals surface area (Å²) in [5.41, 5.74) is 2.71. The van der Waals surface area contributed by atoms with Crippen LogP contribution in [-0.4, -0.2) is 67.6 Å². The van der Waals surface area contributed by atoms with Crippen LogP contribution in [0.3, 0.4) is 0 Å². The largest absolute Gasteiger partial charge is 0.396 e. The van der Waals surface area contributed by atoms with Gasteiger partial charge >= 0.3 is 0 Å². The van der Waals surface area contributed by atoms with Crippen LogP contribution in [0.4, 0.5) is 5.95 Å². The highest BCUT2D eigenvalue weighted by molar-refractivity contribution is 5.63. The van der Waals surface area contributed by atoms with Crippen molar-refractivity contribution in [1.82, 2.24) is 29.6 Å². The van der Waals surface area contributed by atoms with E-state index < -0.39 is 0 Å². The van der Waals surface area contributed by atoms with Crippen molar-refractivity contribution in [2.24, 2.45) is 0 Å². The highest BCUT2D eigenvalue weighted by atomic mass is 16.5. The first-order chi connectivity index (χ1) is 11.3. The smallest absolute Gasteiger partial charge is 0.246 e. The maximum atomic E-state index is 8.89. The third kappa shape index (κ3) is 2.68. The van der Waals surface area contributed by atoms with Gasteiger partial charge in [-0.2, -0.15) is 5.10 Å². The molecular weight excluding hydrogens is 298 g/mol. The summed E-state index contributed by atoms with van der Waals surface area (Å²) in [6.45, 7) is 3.91. The first-order valence-electron chi connectivity index (χ1n) is 7.76. The van der Waals surface area contributed by atoms with Crippen LogP contribution in [0, 0.1) is 0 Å². The molecule has 0 atom stereocenters. The molecule has 3 aromatic heterocycles. The van der Waals surface area contributed by atoms with E-state index in [4.69, 9.17) is 9.84 Å². The van der Waals surface area contributed by atoms with Gasteiger partial charge in [0.1, 0.15) is 0 Å². The number of ether oxygens (including phenoxy) is 1. The molecule has 0 aliphatic carbocycles. The summed E-state index contributed by atoms with van der Waals surface area (Å²) < 4.78 is 9.11. The molecule has 0 bridgehead atoms. The van der Waals surface area contributed by atoms with E-state index in [0.29, 0.717) is 26.2 Å². The van der Waals surface area contributed by atoms with E-state index in [1.54, 1.807) is 0 Å². The van der Waals surface area contributed by atoms with E-state index in [0.717, 1.165) is 35.9 Å². The second kappa shape index (κ2) is 6.01. The van der Waals surface area contributed by atoms with Crippen molar-refractivity contribution in [2.75, 3.05) is 37.8 Å². The Labute approximate surface area is 132 Å². The number of hydrogen-bond acceptors (Lipinski definition) is 6. The Morgan fingerprint density at radius 3 is 2.96 bits per heavy atom. The molecule has 4 rings (SSSR count). The van der Waals surface area contributed by atoms with E-state index in [-0.39, 0.29) is 6.61 Å². The fourth-order valence-corrected chi connectivity index (χ4v) is 2.74. The molecular formula is C14H19N7O2. The summed E-state index contributed by atoms with van der Waals surface area (Å²) in [7, 11) is 0. The Balaban J connectivity index is 1.61. The Kier molecular flexibility index (Phi) is 3.72. The Hall–Kier alpha value is -2.39. The number of aliphatic hydroxyl groups excluding tert-OH is 1. The fourth-order valence-electron chi connectivity index (χ4n) is 2.74. The van der Waals surface area contributed by atoms with Crippen molar-refractivity contribution in [2.45, 2.75) is 13.0 Å². The average Bonchev–Trinajstić information content (AvgIpc) is 3.28. The molecule has 4 heterocycles. The average molecular weight is 317 g/mol. The Morgan fingerprint density at radius 1 is 1.26 bits per heavy atom. The molecule has 1 fully saturated rings. The minimum atomic E-state index is 0.167. The highest BCUT2D eigenvalue weighted by Crippen LogP contribution is 2.22. The van der Waals surface area contributed by atoms with Crippen LogP contribution < -0.4 is 4.90 Å². The Bertz CT molecular complexity index is 784. The van der Waals surface area contributed by atoms with Crippen LogP contribution in [0.25, 0.3) is 16.9 Å². The summed E-state index contributed by atoms with van der Waals surface area (Å²) in [5.74, 6) is 0.808. The number of rotatable bonds is 5. The van der Waals surface area contributed by atoms with Gasteiger partial charge in [0.05, 0.1) is 25.1 Å². The molecule has 0 amide bonds. The molecule has 1 aliphatic rings. The SMILES string of the molecule is OCCCn1cc(-c2cc3nnc(N4CCOCC4)n3[nH]2)cn1. The minimum absolute atomic E-state index is 0.167.